The van der Waals surface area contributed by atoms with Crippen LogP contribution in [0.5, 0.6) is 0 Å². The Balaban J connectivity index is 1.81. The zero-order chi connectivity index (χ0) is 9.26. The third-order valence-corrected chi connectivity index (χ3v) is 3.33. The van der Waals surface area contributed by atoms with E-state index in [9.17, 15) is 4.79 Å². The highest BCUT2D eigenvalue weighted by Crippen LogP contribution is 2.30. The number of likely N-dealkylation sites (tertiary alicyclic amines) is 1. The summed E-state index contributed by atoms with van der Waals surface area (Å²) in [5, 5.41) is 0. The summed E-state index contributed by atoms with van der Waals surface area (Å²) in [6.07, 6.45) is 6.21. The van der Waals surface area contributed by atoms with Gasteiger partial charge in [-0.15, -0.1) is 0 Å². The van der Waals surface area contributed by atoms with E-state index in [4.69, 9.17) is 0 Å². The lowest BCUT2D eigenvalue weighted by molar-refractivity contribution is -0.122. The van der Waals surface area contributed by atoms with Gasteiger partial charge in [-0.25, -0.2) is 0 Å². The number of Topliss-reactive ketones (excluding diaryl/α,β-unsaturated/α-hetero) is 1. The van der Waals surface area contributed by atoms with E-state index in [2.05, 4.69) is 11.8 Å². The zero-order valence-corrected chi connectivity index (χ0v) is 8.46. The summed E-state index contributed by atoms with van der Waals surface area (Å²) in [5.41, 5.74) is 0. The summed E-state index contributed by atoms with van der Waals surface area (Å²) >= 11 is 0. The van der Waals surface area contributed by atoms with E-state index in [1.807, 2.05) is 0 Å². The van der Waals surface area contributed by atoms with Gasteiger partial charge in [0.15, 0.2) is 0 Å². The van der Waals surface area contributed by atoms with E-state index in [0.717, 1.165) is 25.9 Å². The second-order valence-electron chi connectivity index (χ2n) is 4.56. The van der Waals surface area contributed by atoms with Gasteiger partial charge in [0.2, 0.25) is 0 Å². The average Bonchev–Trinajstić information content (AvgIpc) is 2.91. The van der Waals surface area contributed by atoms with Gasteiger partial charge in [0.25, 0.3) is 0 Å². The van der Waals surface area contributed by atoms with Crippen LogP contribution in [0.4, 0.5) is 0 Å². The Bertz CT molecular complexity index is 198. The normalized spacial score (nSPS) is 30.4. The molecule has 0 amide bonds. The van der Waals surface area contributed by atoms with Gasteiger partial charge in [0, 0.05) is 12.0 Å². The van der Waals surface area contributed by atoms with E-state index < -0.39 is 0 Å². The van der Waals surface area contributed by atoms with Crippen molar-refractivity contribution in [2.24, 2.45) is 5.92 Å². The molecule has 0 N–H and O–H groups in total. The van der Waals surface area contributed by atoms with Crippen molar-refractivity contribution >= 4 is 5.78 Å². The summed E-state index contributed by atoms with van der Waals surface area (Å²) in [4.78, 5) is 13.9. The molecule has 1 heterocycles. The van der Waals surface area contributed by atoms with E-state index in [-0.39, 0.29) is 0 Å². The first-order chi connectivity index (χ1) is 6.27. The van der Waals surface area contributed by atoms with Crippen molar-refractivity contribution in [1.29, 1.82) is 0 Å². The first-order valence-electron chi connectivity index (χ1n) is 5.54. The van der Waals surface area contributed by atoms with Gasteiger partial charge in [-0.1, -0.05) is 6.42 Å². The van der Waals surface area contributed by atoms with Gasteiger partial charge in [0.05, 0.1) is 6.54 Å². The number of carbonyl (C=O) groups excluding carboxylic acids is 1. The molecular formula is C11H19NO. The predicted molar refractivity (Wildman–Crippen MR) is 52.6 cm³/mol. The van der Waals surface area contributed by atoms with Gasteiger partial charge in [-0.05, 0) is 39.2 Å². The highest BCUT2D eigenvalue weighted by atomic mass is 16.1. The van der Waals surface area contributed by atoms with Gasteiger partial charge in [-0.2, -0.15) is 0 Å². The van der Waals surface area contributed by atoms with E-state index in [0.29, 0.717) is 17.7 Å². The monoisotopic (exact) mass is 181 g/mol. The molecule has 2 fully saturated rings. The minimum absolute atomic E-state index is 0.439. The molecule has 1 saturated carbocycles. The Morgan fingerprint density at radius 3 is 2.69 bits per heavy atom. The minimum atomic E-state index is 0.439. The fourth-order valence-electron chi connectivity index (χ4n) is 2.13. The maximum absolute atomic E-state index is 11.6. The SMILES string of the molecule is CC1CCCCN1CC(=O)C1CC1. The van der Waals surface area contributed by atoms with E-state index >= 15 is 0 Å². The van der Waals surface area contributed by atoms with Crippen LogP contribution in [-0.2, 0) is 4.79 Å². The van der Waals surface area contributed by atoms with E-state index in [1.54, 1.807) is 0 Å². The Morgan fingerprint density at radius 1 is 1.31 bits per heavy atom. The minimum Gasteiger partial charge on any atom is -0.298 e. The highest BCUT2D eigenvalue weighted by Gasteiger charge is 2.31. The first-order valence-corrected chi connectivity index (χ1v) is 5.54. The Kier molecular flexibility index (Phi) is 2.68. The molecule has 74 valence electrons. The quantitative estimate of drug-likeness (QED) is 0.662. The number of nitrogens with zero attached hydrogens (tertiary/aromatic N) is 1. The Labute approximate surface area is 80.3 Å². The van der Waals surface area contributed by atoms with Gasteiger partial charge in [0.1, 0.15) is 5.78 Å². The number of rotatable bonds is 3. The van der Waals surface area contributed by atoms with Crippen molar-refractivity contribution in [2.75, 3.05) is 13.1 Å². The molecule has 2 aliphatic rings. The molecule has 0 aromatic heterocycles. The largest absolute Gasteiger partial charge is 0.298 e. The second-order valence-corrected chi connectivity index (χ2v) is 4.56. The summed E-state index contributed by atoms with van der Waals surface area (Å²) in [5.74, 6) is 0.933. The predicted octanol–water partition coefficient (Wildman–Crippen LogP) is 1.84. The molecule has 0 aromatic carbocycles. The van der Waals surface area contributed by atoms with Crippen molar-refractivity contribution in [1.82, 2.24) is 4.90 Å². The summed E-state index contributed by atoms with van der Waals surface area (Å²) in [7, 11) is 0. The van der Waals surface area contributed by atoms with Gasteiger partial charge in [-0.3, -0.25) is 9.69 Å². The highest BCUT2D eigenvalue weighted by molar-refractivity contribution is 5.85. The van der Waals surface area contributed by atoms with E-state index in [1.165, 1.54) is 19.3 Å². The summed E-state index contributed by atoms with van der Waals surface area (Å²) in [6, 6.07) is 0.636. The Hall–Kier alpha value is -0.370. The molecule has 2 rings (SSSR count). The fourth-order valence-corrected chi connectivity index (χ4v) is 2.13. The molecule has 2 heteroatoms. The van der Waals surface area contributed by atoms with Crippen molar-refractivity contribution < 1.29 is 4.79 Å². The lowest BCUT2D eigenvalue weighted by Crippen LogP contribution is -2.41. The molecule has 13 heavy (non-hydrogen) atoms. The van der Waals surface area contributed by atoms with Crippen LogP contribution >= 0.6 is 0 Å². The average molecular weight is 181 g/mol. The maximum Gasteiger partial charge on any atom is 0.149 e. The molecule has 1 aliphatic heterocycles. The van der Waals surface area contributed by atoms with Crippen molar-refractivity contribution in [2.45, 2.75) is 45.1 Å². The van der Waals surface area contributed by atoms with Crippen LogP contribution in [0.25, 0.3) is 0 Å². The maximum atomic E-state index is 11.6. The standard InChI is InChI=1S/C11H19NO/c1-9-4-2-3-7-12(9)8-11(13)10-5-6-10/h9-10H,2-8H2,1H3. The zero-order valence-electron chi connectivity index (χ0n) is 8.46. The van der Waals surface area contributed by atoms with Crippen LogP contribution in [0.1, 0.15) is 39.0 Å². The topological polar surface area (TPSA) is 20.3 Å². The molecule has 0 radical (unpaired) electrons. The molecule has 1 unspecified atom stereocenters. The molecule has 1 saturated heterocycles. The molecule has 0 bridgehead atoms. The van der Waals surface area contributed by atoms with Crippen LogP contribution in [0, 0.1) is 5.92 Å². The van der Waals surface area contributed by atoms with Crippen molar-refractivity contribution in [3.8, 4) is 0 Å². The number of hydrogen-bond acceptors (Lipinski definition) is 2. The fraction of sp³-hybridized carbons (Fsp3) is 0.909. The smallest absolute Gasteiger partial charge is 0.149 e. The van der Waals surface area contributed by atoms with Gasteiger partial charge < -0.3 is 0 Å². The van der Waals surface area contributed by atoms with Crippen LogP contribution in [-0.4, -0.2) is 29.8 Å². The second kappa shape index (κ2) is 3.79. The van der Waals surface area contributed by atoms with Crippen LogP contribution in [0.3, 0.4) is 0 Å². The van der Waals surface area contributed by atoms with Crippen LogP contribution in [0.2, 0.25) is 0 Å². The van der Waals surface area contributed by atoms with Gasteiger partial charge >= 0.3 is 0 Å². The third-order valence-electron chi connectivity index (χ3n) is 3.33. The lowest BCUT2D eigenvalue weighted by atomic mass is 10.0. The molecule has 1 atom stereocenters. The first kappa shape index (κ1) is 9.20. The Morgan fingerprint density at radius 2 is 2.08 bits per heavy atom. The van der Waals surface area contributed by atoms with Crippen molar-refractivity contribution in [3.63, 3.8) is 0 Å². The lowest BCUT2D eigenvalue weighted by Gasteiger charge is -2.32. The number of ketones is 1. The molecular weight excluding hydrogens is 162 g/mol. The summed E-state index contributed by atoms with van der Waals surface area (Å²) in [6.45, 7) is 4.12. The molecule has 2 nitrogen and oxygen atoms in total. The number of carbonyl (C=O) groups is 1. The van der Waals surface area contributed by atoms with Crippen LogP contribution in [0.15, 0.2) is 0 Å². The number of hydrogen-bond donors (Lipinski definition) is 0. The number of piperidine rings is 1. The third kappa shape index (κ3) is 2.31. The molecule has 0 aromatic rings. The molecule has 1 aliphatic carbocycles. The summed E-state index contributed by atoms with van der Waals surface area (Å²) < 4.78 is 0. The van der Waals surface area contributed by atoms with Crippen molar-refractivity contribution in [3.05, 3.63) is 0 Å². The van der Waals surface area contributed by atoms with Crippen LogP contribution < -0.4 is 0 Å². The molecule has 0 spiro atoms.